The van der Waals surface area contributed by atoms with Crippen molar-refractivity contribution in [1.82, 2.24) is 9.88 Å². The topological polar surface area (TPSA) is 73.4 Å². The predicted octanol–water partition coefficient (Wildman–Crippen LogP) is 2.07. The number of aromatic nitrogens is 1. The average Bonchev–Trinajstić information content (AvgIpc) is 2.81. The lowest BCUT2D eigenvalue weighted by molar-refractivity contribution is -0.191. The zero-order chi connectivity index (χ0) is 16.1. The Kier molecular flexibility index (Phi) is 3.12. The molecule has 0 fully saturated rings. The van der Waals surface area contributed by atoms with Crippen LogP contribution in [0.2, 0.25) is 0 Å². The van der Waals surface area contributed by atoms with Crippen molar-refractivity contribution < 1.29 is 27.9 Å². The highest BCUT2D eigenvalue weighted by Crippen LogP contribution is 2.32. The van der Waals surface area contributed by atoms with Crippen LogP contribution in [0.3, 0.4) is 0 Å². The number of aromatic amines is 1. The number of halogens is 3. The molecule has 0 saturated heterocycles. The number of benzene rings is 1. The number of carbonyl (C=O) groups is 2. The molecule has 1 aromatic carbocycles. The number of fused-ring (bicyclic) bond motifs is 3. The van der Waals surface area contributed by atoms with Gasteiger partial charge in [0, 0.05) is 23.0 Å². The van der Waals surface area contributed by atoms with Gasteiger partial charge in [0.15, 0.2) is 0 Å². The number of carboxylic acid groups (broad SMARTS) is 1. The molecule has 116 valence electrons. The Morgan fingerprint density at radius 2 is 1.95 bits per heavy atom. The number of alkyl halides is 3. The zero-order valence-electron chi connectivity index (χ0n) is 11.1. The third-order valence-electron chi connectivity index (χ3n) is 3.79. The van der Waals surface area contributed by atoms with Crippen molar-refractivity contribution in [3.05, 3.63) is 35.5 Å². The van der Waals surface area contributed by atoms with E-state index in [1.807, 2.05) is 0 Å². The van der Waals surface area contributed by atoms with Crippen LogP contribution in [0.4, 0.5) is 13.2 Å². The quantitative estimate of drug-likeness (QED) is 0.846. The summed E-state index contributed by atoms with van der Waals surface area (Å²) in [5.41, 5.74) is 1.79. The van der Waals surface area contributed by atoms with E-state index in [0.29, 0.717) is 21.7 Å². The van der Waals surface area contributed by atoms with Gasteiger partial charge >= 0.3 is 18.1 Å². The summed E-state index contributed by atoms with van der Waals surface area (Å²) in [6, 6.07) is 5.52. The highest BCUT2D eigenvalue weighted by atomic mass is 19.4. The number of nitrogens with one attached hydrogen (secondary N) is 1. The van der Waals surface area contributed by atoms with Gasteiger partial charge < -0.3 is 15.0 Å². The van der Waals surface area contributed by atoms with Crippen LogP contribution in [-0.2, 0) is 22.6 Å². The minimum atomic E-state index is -5.10. The van der Waals surface area contributed by atoms with Crippen molar-refractivity contribution in [2.75, 3.05) is 0 Å². The largest absolute Gasteiger partial charge is 0.480 e. The molecule has 22 heavy (non-hydrogen) atoms. The maximum atomic E-state index is 12.7. The van der Waals surface area contributed by atoms with E-state index < -0.39 is 30.6 Å². The highest BCUT2D eigenvalue weighted by molar-refractivity contribution is 5.90. The van der Waals surface area contributed by atoms with Gasteiger partial charge in [-0.25, -0.2) is 4.79 Å². The maximum absolute atomic E-state index is 12.7. The maximum Gasteiger partial charge on any atom is 0.471 e. The number of H-pyrrole nitrogens is 1. The lowest BCUT2D eigenvalue weighted by Gasteiger charge is -2.33. The smallest absolute Gasteiger partial charge is 0.471 e. The van der Waals surface area contributed by atoms with E-state index in [4.69, 9.17) is 0 Å². The normalized spacial score (nSPS) is 18.3. The molecular formula is C14H11F3N2O3. The van der Waals surface area contributed by atoms with Crippen LogP contribution in [0.1, 0.15) is 11.3 Å². The van der Waals surface area contributed by atoms with Crippen LogP contribution < -0.4 is 0 Å². The fourth-order valence-electron chi connectivity index (χ4n) is 2.80. The number of aliphatic carboxylic acids is 1. The predicted molar refractivity (Wildman–Crippen MR) is 70.0 cm³/mol. The van der Waals surface area contributed by atoms with Crippen molar-refractivity contribution in [3.63, 3.8) is 0 Å². The number of rotatable bonds is 1. The first-order valence-electron chi connectivity index (χ1n) is 6.48. The summed E-state index contributed by atoms with van der Waals surface area (Å²) in [6.07, 6.45) is -5.26. The van der Waals surface area contributed by atoms with Crippen molar-refractivity contribution >= 4 is 22.8 Å². The van der Waals surface area contributed by atoms with E-state index in [-0.39, 0.29) is 6.42 Å². The molecule has 1 unspecified atom stereocenters. The fourth-order valence-corrected chi connectivity index (χ4v) is 2.80. The van der Waals surface area contributed by atoms with Gasteiger partial charge in [-0.2, -0.15) is 13.2 Å². The molecule has 2 N–H and O–H groups in total. The van der Waals surface area contributed by atoms with Crippen LogP contribution in [0.25, 0.3) is 10.9 Å². The van der Waals surface area contributed by atoms with Gasteiger partial charge in [0.05, 0.1) is 6.54 Å². The van der Waals surface area contributed by atoms with Gasteiger partial charge in [-0.1, -0.05) is 18.2 Å². The summed E-state index contributed by atoms with van der Waals surface area (Å²) in [7, 11) is 0. The average molecular weight is 312 g/mol. The minimum Gasteiger partial charge on any atom is -0.480 e. The lowest BCUT2D eigenvalue weighted by Crippen LogP contribution is -2.52. The third kappa shape index (κ3) is 2.20. The summed E-state index contributed by atoms with van der Waals surface area (Å²) >= 11 is 0. The van der Waals surface area contributed by atoms with E-state index >= 15 is 0 Å². The number of nitrogens with zero attached hydrogens (tertiary/aromatic N) is 1. The van der Waals surface area contributed by atoms with Crippen LogP contribution in [-0.4, -0.2) is 39.1 Å². The summed E-state index contributed by atoms with van der Waals surface area (Å²) in [6.45, 7) is -0.403. The van der Waals surface area contributed by atoms with Crippen LogP contribution in [0, 0.1) is 0 Å². The number of hydrogen-bond acceptors (Lipinski definition) is 2. The van der Waals surface area contributed by atoms with Gasteiger partial charge in [0.25, 0.3) is 0 Å². The summed E-state index contributed by atoms with van der Waals surface area (Å²) < 4.78 is 38.0. The molecule has 1 aliphatic rings. The SMILES string of the molecule is O=C(O)C1Cc2c([nH]c3ccccc23)CN1C(=O)C(F)(F)F. The molecule has 5 nitrogen and oxygen atoms in total. The van der Waals surface area contributed by atoms with Gasteiger partial charge in [0.2, 0.25) is 0 Å². The standard InChI is InChI=1S/C14H11F3N2O3/c15-14(16,17)13(22)19-6-10-8(5-11(19)12(20)21)7-3-1-2-4-9(7)18-10/h1-4,11,18H,5-6H2,(H,20,21). The second-order valence-electron chi connectivity index (χ2n) is 5.12. The van der Waals surface area contributed by atoms with Gasteiger partial charge in [-0.05, 0) is 11.6 Å². The molecule has 0 radical (unpaired) electrons. The molecule has 2 aromatic rings. The van der Waals surface area contributed by atoms with E-state index in [1.165, 1.54) is 0 Å². The Morgan fingerprint density at radius 1 is 1.27 bits per heavy atom. The molecule has 1 atom stereocenters. The molecule has 2 heterocycles. The molecule has 0 spiro atoms. The number of hydrogen-bond donors (Lipinski definition) is 2. The molecule has 3 rings (SSSR count). The van der Waals surface area contributed by atoms with Crippen molar-refractivity contribution in [2.45, 2.75) is 25.2 Å². The van der Waals surface area contributed by atoms with Gasteiger partial charge in [0.1, 0.15) is 6.04 Å². The summed E-state index contributed by atoms with van der Waals surface area (Å²) in [5.74, 6) is -3.59. The summed E-state index contributed by atoms with van der Waals surface area (Å²) in [4.78, 5) is 26.1. The molecule has 8 heteroatoms. The Labute approximate surface area is 122 Å². The molecule has 0 bridgehead atoms. The second kappa shape index (κ2) is 4.75. The molecule has 1 aromatic heterocycles. The van der Waals surface area contributed by atoms with Crippen molar-refractivity contribution in [1.29, 1.82) is 0 Å². The number of para-hydroxylation sites is 1. The van der Waals surface area contributed by atoms with E-state index in [0.717, 1.165) is 5.39 Å². The van der Waals surface area contributed by atoms with Crippen LogP contribution >= 0.6 is 0 Å². The molecule has 1 aliphatic heterocycles. The zero-order valence-corrected chi connectivity index (χ0v) is 11.1. The van der Waals surface area contributed by atoms with Gasteiger partial charge in [-0.3, -0.25) is 4.79 Å². The van der Waals surface area contributed by atoms with Crippen LogP contribution in [0.15, 0.2) is 24.3 Å². The fraction of sp³-hybridized carbons (Fsp3) is 0.286. The van der Waals surface area contributed by atoms with Crippen LogP contribution in [0.5, 0.6) is 0 Å². The molecular weight excluding hydrogens is 301 g/mol. The molecule has 0 aliphatic carbocycles. The van der Waals surface area contributed by atoms with E-state index in [1.54, 1.807) is 24.3 Å². The Balaban J connectivity index is 2.07. The minimum absolute atomic E-state index is 0.156. The first-order valence-corrected chi connectivity index (χ1v) is 6.48. The van der Waals surface area contributed by atoms with Gasteiger partial charge in [-0.15, -0.1) is 0 Å². The van der Waals surface area contributed by atoms with E-state index in [9.17, 15) is 27.9 Å². The number of carboxylic acids is 1. The second-order valence-corrected chi connectivity index (χ2v) is 5.12. The number of carbonyl (C=O) groups excluding carboxylic acids is 1. The number of amides is 1. The van der Waals surface area contributed by atoms with Crippen molar-refractivity contribution in [3.8, 4) is 0 Å². The monoisotopic (exact) mass is 312 g/mol. The molecule has 1 amide bonds. The lowest BCUT2D eigenvalue weighted by atomic mass is 9.96. The first kappa shape index (κ1) is 14.4. The Morgan fingerprint density at radius 3 is 2.59 bits per heavy atom. The van der Waals surface area contributed by atoms with E-state index in [2.05, 4.69) is 4.98 Å². The Bertz CT molecular complexity index is 766. The third-order valence-corrected chi connectivity index (χ3v) is 3.79. The van der Waals surface area contributed by atoms with Crippen molar-refractivity contribution in [2.24, 2.45) is 0 Å². The Hall–Kier alpha value is -2.51. The summed E-state index contributed by atoms with van der Waals surface area (Å²) in [5, 5.41) is 9.95. The molecule has 0 saturated carbocycles. The first-order chi connectivity index (χ1) is 10.3. The highest BCUT2D eigenvalue weighted by Gasteiger charge is 2.48.